The molecule has 0 aliphatic carbocycles. The lowest BCUT2D eigenvalue weighted by Gasteiger charge is -2.12. The van der Waals surface area contributed by atoms with E-state index in [4.69, 9.17) is 4.74 Å². The van der Waals surface area contributed by atoms with Gasteiger partial charge in [0.05, 0.1) is 7.11 Å². The van der Waals surface area contributed by atoms with Crippen molar-refractivity contribution in [2.75, 3.05) is 26.5 Å². The molecule has 142 valence electrons. The molecule has 0 aromatic heterocycles. The number of aliphatic imine (C=N–C) groups is 1. The average Bonchev–Trinajstić information content (AvgIpc) is 2.65. The van der Waals surface area contributed by atoms with Crippen molar-refractivity contribution in [1.82, 2.24) is 10.6 Å². The van der Waals surface area contributed by atoms with E-state index in [-0.39, 0.29) is 24.0 Å². The number of halogens is 1. The Labute approximate surface area is 175 Å². The molecule has 1 unspecified atom stereocenters. The maximum atomic E-state index is 12.1. The fraction of sp³-hybridized carbons (Fsp3) is 0.316. The molecular weight excluding hydrogens is 461 g/mol. The molecule has 0 fully saturated rings. The van der Waals surface area contributed by atoms with Gasteiger partial charge in [-0.05, 0) is 23.3 Å². The quantitative estimate of drug-likeness (QED) is 0.342. The summed E-state index contributed by atoms with van der Waals surface area (Å²) in [7, 11) is 2.49. The largest absolute Gasteiger partial charge is 0.497 e. The standard InChI is InChI=1S/C19H25N3O2S.HI/c1-20-19(22-14-16-8-10-18(24-2)11-9-16)21-12-13-25(23)15-17-6-4-3-5-7-17;/h3-11H,12-15H2,1-2H3,(H2,20,21,22);1H. The Bertz CT molecular complexity index is 694. The van der Waals surface area contributed by atoms with Gasteiger partial charge in [0.15, 0.2) is 5.96 Å². The van der Waals surface area contributed by atoms with E-state index in [0.717, 1.165) is 16.9 Å². The normalized spacial score (nSPS) is 12.0. The molecule has 0 bridgehead atoms. The van der Waals surface area contributed by atoms with Crippen molar-refractivity contribution in [3.63, 3.8) is 0 Å². The average molecular weight is 487 g/mol. The van der Waals surface area contributed by atoms with Crippen LogP contribution in [0, 0.1) is 0 Å². The molecular formula is C19H26IN3O2S. The van der Waals surface area contributed by atoms with Gasteiger partial charge in [-0.2, -0.15) is 0 Å². The van der Waals surface area contributed by atoms with E-state index in [1.807, 2.05) is 54.6 Å². The predicted octanol–water partition coefficient (Wildman–Crippen LogP) is 2.93. The molecule has 0 aliphatic heterocycles. The van der Waals surface area contributed by atoms with Gasteiger partial charge in [-0.3, -0.25) is 9.20 Å². The second-order valence-electron chi connectivity index (χ2n) is 5.47. The van der Waals surface area contributed by atoms with Crippen LogP contribution in [0.2, 0.25) is 0 Å². The summed E-state index contributed by atoms with van der Waals surface area (Å²) in [5.41, 5.74) is 2.24. The van der Waals surface area contributed by atoms with Crippen LogP contribution in [0.5, 0.6) is 5.75 Å². The van der Waals surface area contributed by atoms with Gasteiger partial charge in [-0.25, -0.2) is 0 Å². The Hall–Kier alpha value is -1.61. The number of methoxy groups -OCH3 is 1. The number of hydrogen-bond acceptors (Lipinski definition) is 3. The van der Waals surface area contributed by atoms with E-state index in [1.54, 1.807) is 14.2 Å². The number of guanidine groups is 1. The molecule has 2 aromatic carbocycles. The number of hydrogen-bond donors (Lipinski definition) is 2. The van der Waals surface area contributed by atoms with Gasteiger partial charge >= 0.3 is 0 Å². The monoisotopic (exact) mass is 487 g/mol. The highest BCUT2D eigenvalue weighted by molar-refractivity contribution is 14.0. The Balaban J connectivity index is 0.00000338. The molecule has 0 spiro atoms. The first kappa shape index (κ1) is 22.4. The molecule has 26 heavy (non-hydrogen) atoms. The summed E-state index contributed by atoms with van der Waals surface area (Å²) in [4.78, 5) is 4.19. The van der Waals surface area contributed by atoms with Crippen LogP contribution in [0.15, 0.2) is 59.6 Å². The first-order chi connectivity index (χ1) is 12.2. The van der Waals surface area contributed by atoms with Gasteiger partial charge in [0.1, 0.15) is 5.75 Å². The third kappa shape index (κ3) is 8.18. The fourth-order valence-electron chi connectivity index (χ4n) is 2.27. The Morgan fingerprint density at radius 1 is 1.04 bits per heavy atom. The molecule has 0 heterocycles. The van der Waals surface area contributed by atoms with Crippen LogP contribution in [-0.2, 0) is 23.1 Å². The lowest BCUT2D eigenvalue weighted by atomic mass is 10.2. The topological polar surface area (TPSA) is 62.7 Å². The second-order valence-corrected chi connectivity index (χ2v) is 7.05. The zero-order chi connectivity index (χ0) is 17.9. The van der Waals surface area contributed by atoms with Gasteiger partial charge in [0, 0.05) is 42.4 Å². The van der Waals surface area contributed by atoms with Crippen LogP contribution in [0.25, 0.3) is 0 Å². The highest BCUT2D eigenvalue weighted by Gasteiger charge is 2.03. The molecule has 0 radical (unpaired) electrons. The number of benzene rings is 2. The summed E-state index contributed by atoms with van der Waals surface area (Å²) in [6, 6.07) is 17.8. The zero-order valence-electron chi connectivity index (χ0n) is 15.1. The van der Waals surface area contributed by atoms with Crippen LogP contribution in [0.4, 0.5) is 0 Å². The van der Waals surface area contributed by atoms with Crippen molar-refractivity contribution >= 4 is 40.7 Å². The summed E-state index contributed by atoms with van der Waals surface area (Å²) in [5, 5.41) is 6.45. The second kappa shape index (κ2) is 12.7. The van der Waals surface area contributed by atoms with Crippen molar-refractivity contribution in [2.45, 2.75) is 12.3 Å². The number of rotatable bonds is 8. The van der Waals surface area contributed by atoms with Crippen molar-refractivity contribution in [3.8, 4) is 5.75 Å². The van der Waals surface area contributed by atoms with E-state index < -0.39 is 10.8 Å². The number of ether oxygens (including phenoxy) is 1. The lowest BCUT2D eigenvalue weighted by molar-refractivity contribution is 0.414. The Morgan fingerprint density at radius 3 is 2.35 bits per heavy atom. The fourth-order valence-corrected chi connectivity index (χ4v) is 3.30. The highest BCUT2D eigenvalue weighted by atomic mass is 127. The van der Waals surface area contributed by atoms with Crippen LogP contribution in [0.3, 0.4) is 0 Å². The number of nitrogens with one attached hydrogen (secondary N) is 2. The van der Waals surface area contributed by atoms with Gasteiger partial charge < -0.3 is 15.4 Å². The summed E-state index contributed by atoms with van der Waals surface area (Å²) in [5.74, 6) is 2.71. The molecule has 7 heteroatoms. The van der Waals surface area contributed by atoms with E-state index >= 15 is 0 Å². The SMILES string of the molecule is CN=C(NCCS(=O)Cc1ccccc1)NCc1ccc(OC)cc1.I. The van der Waals surface area contributed by atoms with Crippen LogP contribution < -0.4 is 15.4 Å². The van der Waals surface area contributed by atoms with Crippen LogP contribution >= 0.6 is 24.0 Å². The van der Waals surface area contributed by atoms with Gasteiger partial charge in [-0.15, -0.1) is 24.0 Å². The van der Waals surface area contributed by atoms with Crippen LogP contribution in [0.1, 0.15) is 11.1 Å². The van der Waals surface area contributed by atoms with Crippen molar-refractivity contribution in [2.24, 2.45) is 4.99 Å². The van der Waals surface area contributed by atoms with E-state index in [1.165, 1.54) is 0 Å². The third-order valence-corrected chi connectivity index (χ3v) is 4.95. The van der Waals surface area contributed by atoms with Crippen molar-refractivity contribution in [1.29, 1.82) is 0 Å². The van der Waals surface area contributed by atoms with E-state index in [9.17, 15) is 4.21 Å². The minimum atomic E-state index is -0.892. The summed E-state index contributed by atoms with van der Waals surface area (Å²) in [6.07, 6.45) is 0. The van der Waals surface area contributed by atoms with Crippen molar-refractivity contribution in [3.05, 3.63) is 65.7 Å². The molecule has 2 aromatic rings. The van der Waals surface area contributed by atoms with E-state index in [0.29, 0.717) is 30.6 Å². The summed E-state index contributed by atoms with van der Waals surface area (Å²) < 4.78 is 17.3. The van der Waals surface area contributed by atoms with Crippen molar-refractivity contribution < 1.29 is 8.95 Å². The maximum Gasteiger partial charge on any atom is 0.191 e. The maximum absolute atomic E-state index is 12.1. The summed E-state index contributed by atoms with van der Waals surface area (Å²) in [6.45, 7) is 1.28. The highest BCUT2D eigenvalue weighted by Crippen LogP contribution is 2.10. The predicted molar refractivity (Wildman–Crippen MR) is 120 cm³/mol. The third-order valence-electron chi connectivity index (χ3n) is 3.64. The lowest BCUT2D eigenvalue weighted by Crippen LogP contribution is -2.38. The summed E-state index contributed by atoms with van der Waals surface area (Å²) >= 11 is 0. The molecule has 0 aliphatic rings. The molecule has 0 saturated heterocycles. The molecule has 5 nitrogen and oxygen atoms in total. The Morgan fingerprint density at radius 2 is 1.73 bits per heavy atom. The molecule has 2 rings (SSSR count). The van der Waals surface area contributed by atoms with Gasteiger partial charge in [0.2, 0.25) is 0 Å². The zero-order valence-corrected chi connectivity index (χ0v) is 18.3. The molecule has 0 saturated carbocycles. The molecule has 1 atom stereocenters. The van der Waals surface area contributed by atoms with Gasteiger partial charge in [0.25, 0.3) is 0 Å². The number of nitrogens with zero attached hydrogens (tertiary/aromatic N) is 1. The molecule has 2 N–H and O–H groups in total. The van der Waals surface area contributed by atoms with Gasteiger partial charge in [-0.1, -0.05) is 42.5 Å². The van der Waals surface area contributed by atoms with E-state index in [2.05, 4.69) is 15.6 Å². The first-order valence-corrected chi connectivity index (χ1v) is 9.66. The minimum Gasteiger partial charge on any atom is -0.497 e. The first-order valence-electron chi connectivity index (χ1n) is 8.17. The molecule has 0 amide bonds. The smallest absolute Gasteiger partial charge is 0.191 e. The van der Waals surface area contributed by atoms with Crippen LogP contribution in [-0.4, -0.2) is 36.6 Å². The minimum absolute atomic E-state index is 0. The Kier molecular flexibility index (Phi) is 11.0.